The minimum absolute atomic E-state index is 0.432. The van der Waals surface area contributed by atoms with Crippen molar-refractivity contribution in [1.29, 1.82) is 0 Å². The highest BCUT2D eigenvalue weighted by Gasteiger charge is 2.21. The number of aromatic nitrogens is 4. The minimum atomic E-state index is 0.432. The smallest absolute Gasteiger partial charge is 0.225 e. The zero-order valence-corrected chi connectivity index (χ0v) is 12.5. The fourth-order valence-electron chi connectivity index (χ4n) is 2.50. The first kappa shape index (κ1) is 13.7. The Hall–Kier alpha value is -2.24. The highest BCUT2D eigenvalue weighted by Crippen LogP contribution is 2.18. The second-order valence-electron chi connectivity index (χ2n) is 5.45. The van der Waals surface area contributed by atoms with Crippen molar-refractivity contribution < 1.29 is 0 Å². The summed E-state index contributed by atoms with van der Waals surface area (Å²) in [5.41, 5.74) is 2.15. The maximum absolute atomic E-state index is 4.30. The third kappa shape index (κ3) is 3.26. The van der Waals surface area contributed by atoms with E-state index in [-0.39, 0.29) is 0 Å². The number of piperidine rings is 1. The van der Waals surface area contributed by atoms with Crippen LogP contribution in [0.5, 0.6) is 0 Å². The zero-order valence-electron chi connectivity index (χ0n) is 12.5. The predicted octanol–water partition coefficient (Wildman–Crippen LogP) is 1.96. The van der Waals surface area contributed by atoms with Crippen molar-refractivity contribution in [2.24, 2.45) is 0 Å². The van der Waals surface area contributed by atoms with Crippen LogP contribution < -0.4 is 10.2 Å². The summed E-state index contributed by atoms with van der Waals surface area (Å²) in [5.74, 6) is 1.69. The molecule has 0 amide bonds. The first-order valence-electron chi connectivity index (χ1n) is 7.32. The molecule has 6 heteroatoms. The van der Waals surface area contributed by atoms with Gasteiger partial charge in [-0.25, -0.2) is 9.97 Å². The SMILES string of the molecule is Cc1cc(NC2CCN(c3ncccn3)CC2)nnc1C. The molecule has 1 N–H and O–H groups in total. The molecule has 1 saturated heterocycles. The Bertz CT molecular complexity index is 592. The summed E-state index contributed by atoms with van der Waals surface area (Å²) < 4.78 is 0. The molecule has 1 aliphatic heterocycles. The number of nitrogens with one attached hydrogen (secondary N) is 1. The number of hydrogen-bond acceptors (Lipinski definition) is 6. The number of anilines is 2. The second-order valence-corrected chi connectivity index (χ2v) is 5.45. The quantitative estimate of drug-likeness (QED) is 0.929. The van der Waals surface area contributed by atoms with E-state index < -0.39 is 0 Å². The average molecular weight is 284 g/mol. The monoisotopic (exact) mass is 284 g/mol. The molecule has 0 unspecified atom stereocenters. The van der Waals surface area contributed by atoms with Gasteiger partial charge in [-0.1, -0.05) is 0 Å². The molecule has 2 aromatic rings. The molecular formula is C15H20N6. The van der Waals surface area contributed by atoms with E-state index in [0.29, 0.717) is 6.04 Å². The van der Waals surface area contributed by atoms with Crippen LogP contribution in [0.2, 0.25) is 0 Å². The molecule has 0 saturated carbocycles. The summed E-state index contributed by atoms with van der Waals surface area (Å²) in [5, 5.41) is 11.9. The third-order valence-electron chi connectivity index (χ3n) is 3.91. The molecule has 2 aromatic heterocycles. The molecule has 0 aromatic carbocycles. The lowest BCUT2D eigenvalue weighted by atomic mass is 10.1. The summed E-state index contributed by atoms with van der Waals surface area (Å²) in [6.45, 7) is 5.95. The summed E-state index contributed by atoms with van der Waals surface area (Å²) in [6.07, 6.45) is 5.67. The van der Waals surface area contributed by atoms with Crippen LogP contribution in [-0.2, 0) is 0 Å². The van der Waals surface area contributed by atoms with Gasteiger partial charge in [-0.2, -0.15) is 5.10 Å². The van der Waals surface area contributed by atoms with Gasteiger partial charge < -0.3 is 10.2 Å². The molecule has 3 rings (SSSR count). The van der Waals surface area contributed by atoms with Gasteiger partial charge in [-0.3, -0.25) is 0 Å². The van der Waals surface area contributed by atoms with Crippen LogP contribution in [-0.4, -0.2) is 39.3 Å². The molecular weight excluding hydrogens is 264 g/mol. The van der Waals surface area contributed by atoms with Crippen molar-refractivity contribution in [2.75, 3.05) is 23.3 Å². The number of aryl methyl sites for hydroxylation is 2. The van der Waals surface area contributed by atoms with Crippen molar-refractivity contribution in [3.8, 4) is 0 Å². The van der Waals surface area contributed by atoms with E-state index >= 15 is 0 Å². The molecule has 6 nitrogen and oxygen atoms in total. The Morgan fingerprint density at radius 2 is 1.81 bits per heavy atom. The number of nitrogens with zero attached hydrogens (tertiary/aromatic N) is 5. The van der Waals surface area contributed by atoms with Crippen molar-refractivity contribution in [3.05, 3.63) is 35.8 Å². The topological polar surface area (TPSA) is 66.8 Å². The maximum atomic E-state index is 4.30. The molecule has 21 heavy (non-hydrogen) atoms. The van der Waals surface area contributed by atoms with E-state index in [2.05, 4.69) is 43.4 Å². The van der Waals surface area contributed by atoms with Gasteiger partial charge in [0.15, 0.2) is 0 Å². The van der Waals surface area contributed by atoms with Crippen LogP contribution in [0.25, 0.3) is 0 Å². The first-order chi connectivity index (χ1) is 10.2. The molecule has 3 heterocycles. The first-order valence-corrected chi connectivity index (χ1v) is 7.32. The van der Waals surface area contributed by atoms with E-state index in [1.54, 1.807) is 12.4 Å². The summed E-state index contributed by atoms with van der Waals surface area (Å²) in [6, 6.07) is 4.34. The van der Waals surface area contributed by atoms with Crippen LogP contribution in [0.3, 0.4) is 0 Å². The third-order valence-corrected chi connectivity index (χ3v) is 3.91. The predicted molar refractivity (Wildman–Crippen MR) is 82.4 cm³/mol. The lowest BCUT2D eigenvalue weighted by Crippen LogP contribution is -2.40. The Balaban J connectivity index is 1.57. The molecule has 110 valence electrons. The van der Waals surface area contributed by atoms with E-state index in [9.17, 15) is 0 Å². The lowest BCUT2D eigenvalue weighted by molar-refractivity contribution is 0.518. The van der Waals surface area contributed by atoms with E-state index in [1.807, 2.05) is 13.0 Å². The molecule has 1 aliphatic rings. The molecule has 0 aliphatic carbocycles. The van der Waals surface area contributed by atoms with E-state index in [4.69, 9.17) is 0 Å². The normalized spacial score (nSPS) is 16.0. The number of rotatable bonds is 3. The maximum Gasteiger partial charge on any atom is 0.225 e. The number of hydrogen-bond donors (Lipinski definition) is 1. The summed E-state index contributed by atoms with van der Waals surface area (Å²) in [7, 11) is 0. The van der Waals surface area contributed by atoms with Crippen LogP contribution >= 0.6 is 0 Å². The Labute approximate surface area is 124 Å². The average Bonchev–Trinajstić information content (AvgIpc) is 2.53. The summed E-state index contributed by atoms with van der Waals surface area (Å²) in [4.78, 5) is 10.8. The van der Waals surface area contributed by atoms with Crippen LogP contribution in [0.1, 0.15) is 24.1 Å². The van der Waals surface area contributed by atoms with Gasteiger partial charge in [0, 0.05) is 31.5 Å². The Morgan fingerprint density at radius 3 is 2.48 bits per heavy atom. The van der Waals surface area contributed by atoms with Crippen molar-refractivity contribution in [2.45, 2.75) is 32.7 Å². The minimum Gasteiger partial charge on any atom is -0.366 e. The lowest BCUT2D eigenvalue weighted by Gasteiger charge is -2.32. The highest BCUT2D eigenvalue weighted by atomic mass is 15.3. The van der Waals surface area contributed by atoms with Gasteiger partial charge in [0.2, 0.25) is 5.95 Å². The molecule has 0 spiro atoms. The molecule has 0 radical (unpaired) electrons. The van der Waals surface area contributed by atoms with Gasteiger partial charge >= 0.3 is 0 Å². The van der Waals surface area contributed by atoms with Crippen molar-refractivity contribution in [3.63, 3.8) is 0 Å². The summed E-state index contributed by atoms with van der Waals surface area (Å²) >= 11 is 0. The zero-order chi connectivity index (χ0) is 14.7. The van der Waals surface area contributed by atoms with Crippen molar-refractivity contribution in [1.82, 2.24) is 20.2 Å². The van der Waals surface area contributed by atoms with Gasteiger partial charge in [0.25, 0.3) is 0 Å². The largest absolute Gasteiger partial charge is 0.366 e. The van der Waals surface area contributed by atoms with Crippen molar-refractivity contribution >= 4 is 11.8 Å². The van der Waals surface area contributed by atoms with Crippen LogP contribution in [0.15, 0.2) is 24.5 Å². The van der Waals surface area contributed by atoms with E-state index in [1.165, 1.54) is 5.56 Å². The van der Waals surface area contributed by atoms with Gasteiger partial charge in [-0.15, -0.1) is 5.10 Å². The fourth-order valence-corrected chi connectivity index (χ4v) is 2.50. The van der Waals surface area contributed by atoms with E-state index in [0.717, 1.165) is 43.4 Å². The highest BCUT2D eigenvalue weighted by molar-refractivity contribution is 5.39. The second kappa shape index (κ2) is 6.03. The molecule has 1 fully saturated rings. The van der Waals surface area contributed by atoms with Gasteiger partial charge in [0.1, 0.15) is 5.82 Å². The standard InChI is InChI=1S/C15H20N6/c1-11-10-14(20-19-12(11)2)18-13-4-8-21(9-5-13)15-16-6-3-7-17-15/h3,6-7,10,13H,4-5,8-9H2,1-2H3,(H,18,20). The Kier molecular flexibility index (Phi) is 3.94. The molecule has 0 atom stereocenters. The van der Waals surface area contributed by atoms with Crippen LogP contribution in [0, 0.1) is 13.8 Å². The fraction of sp³-hybridized carbons (Fsp3) is 0.467. The molecule has 0 bridgehead atoms. The Morgan fingerprint density at radius 1 is 1.10 bits per heavy atom. The van der Waals surface area contributed by atoms with Crippen LogP contribution in [0.4, 0.5) is 11.8 Å². The van der Waals surface area contributed by atoms with Gasteiger partial charge in [0.05, 0.1) is 5.69 Å². The van der Waals surface area contributed by atoms with Gasteiger partial charge in [-0.05, 0) is 44.4 Å².